The van der Waals surface area contributed by atoms with Crippen LogP contribution in [0.5, 0.6) is 0 Å². The van der Waals surface area contributed by atoms with Gasteiger partial charge in [0.25, 0.3) is 0 Å². The van der Waals surface area contributed by atoms with Crippen molar-refractivity contribution >= 4 is 17.5 Å². The predicted octanol–water partition coefficient (Wildman–Crippen LogP) is 2.92. The molecule has 5 heteroatoms. The van der Waals surface area contributed by atoms with Crippen LogP contribution >= 0.6 is 0 Å². The highest BCUT2D eigenvalue weighted by molar-refractivity contribution is 6.00. The molecule has 1 aliphatic heterocycles. The first-order valence-corrected chi connectivity index (χ1v) is 8.76. The number of nitrogens with zero attached hydrogens (tertiary/aromatic N) is 2. The van der Waals surface area contributed by atoms with E-state index in [1.54, 1.807) is 24.3 Å². The van der Waals surface area contributed by atoms with Crippen molar-refractivity contribution in [2.24, 2.45) is 11.8 Å². The van der Waals surface area contributed by atoms with Gasteiger partial charge < -0.3 is 10.2 Å². The van der Waals surface area contributed by atoms with E-state index in [-0.39, 0.29) is 23.7 Å². The second kappa shape index (κ2) is 7.04. The number of hydrogen-bond acceptors (Lipinski definition) is 3. The Labute approximate surface area is 142 Å². The number of amides is 2. The predicted molar refractivity (Wildman–Crippen MR) is 91.0 cm³/mol. The van der Waals surface area contributed by atoms with E-state index >= 15 is 0 Å². The largest absolute Gasteiger partial charge is 0.339 e. The van der Waals surface area contributed by atoms with Crippen LogP contribution in [0.2, 0.25) is 0 Å². The molecule has 1 saturated heterocycles. The van der Waals surface area contributed by atoms with Gasteiger partial charge >= 0.3 is 0 Å². The average Bonchev–Trinajstić information content (AvgIpc) is 3.42. The summed E-state index contributed by atoms with van der Waals surface area (Å²) in [6.45, 7) is 2.94. The molecular formula is C19H23N3O2. The smallest absolute Gasteiger partial charge is 0.228 e. The Morgan fingerprint density at radius 3 is 2.83 bits per heavy atom. The number of carbonyl (C=O) groups excluding carboxylic acids is 2. The number of anilines is 1. The molecule has 1 saturated carbocycles. The molecule has 5 nitrogen and oxygen atoms in total. The van der Waals surface area contributed by atoms with Gasteiger partial charge in [-0.2, -0.15) is 5.26 Å². The molecule has 1 heterocycles. The summed E-state index contributed by atoms with van der Waals surface area (Å²) >= 11 is 0. The standard InChI is InChI=1S/C19H23N3O2/c1-2-14-8-5-6-10-22(14)19(24)16-11-15(16)18(23)21-17-9-4-3-7-13(17)12-20/h3-4,7,9,14-16H,2,5-6,8,10-11H2,1H3,(H,21,23). The fourth-order valence-corrected chi connectivity index (χ4v) is 3.60. The van der Waals surface area contributed by atoms with Gasteiger partial charge in [0.05, 0.1) is 23.1 Å². The lowest BCUT2D eigenvalue weighted by Gasteiger charge is -2.35. The minimum Gasteiger partial charge on any atom is -0.339 e. The third kappa shape index (κ3) is 3.28. The second-order valence-electron chi connectivity index (χ2n) is 6.68. The summed E-state index contributed by atoms with van der Waals surface area (Å²) in [5.74, 6) is -0.466. The molecule has 1 aromatic carbocycles. The molecule has 3 rings (SSSR count). The number of benzene rings is 1. The summed E-state index contributed by atoms with van der Waals surface area (Å²) in [5, 5.41) is 11.9. The van der Waals surface area contributed by atoms with Crippen molar-refractivity contribution in [2.75, 3.05) is 11.9 Å². The Morgan fingerprint density at radius 1 is 1.29 bits per heavy atom. The molecule has 2 fully saturated rings. The first kappa shape index (κ1) is 16.5. The molecule has 3 unspecified atom stereocenters. The maximum Gasteiger partial charge on any atom is 0.228 e. The maximum atomic E-state index is 12.7. The third-order valence-electron chi connectivity index (χ3n) is 5.13. The second-order valence-corrected chi connectivity index (χ2v) is 6.68. The summed E-state index contributed by atoms with van der Waals surface area (Å²) in [7, 11) is 0. The molecule has 0 aromatic heterocycles. The van der Waals surface area contributed by atoms with Crippen LogP contribution in [0.1, 0.15) is 44.6 Å². The Bertz CT molecular complexity index is 679. The Kier molecular flexibility index (Phi) is 4.84. The molecule has 0 bridgehead atoms. The van der Waals surface area contributed by atoms with Crippen LogP contribution in [0.25, 0.3) is 0 Å². The zero-order valence-electron chi connectivity index (χ0n) is 14.0. The normalized spacial score (nSPS) is 25.7. The van der Waals surface area contributed by atoms with Crippen molar-refractivity contribution in [2.45, 2.75) is 45.1 Å². The first-order valence-electron chi connectivity index (χ1n) is 8.76. The number of nitrogens with one attached hydrogen (secondary N) is 1. The zero-order chi connectivity index (χ0) is 17.1. The van der Waals surface area contributed by atoms with Gasteiger partial charge in [0.2, 0.25) is 11.8 Å². The minimum atomic E-state index is -0.260. The van der Waals surface area contributed by atoms with Crippen molar-refractivity contribution in [3.63, 3.8) is 0 Å². The van der Waals surface area contributed by atoms with Crippen LogP contribution in [0.4, 0.5) is 5.69 Å². The first-order chi connectivity index (χ1) is 11.7. The SMILES string of the molecule is CCC1CCCCN1C(=O)C1CC1C(=O)Nc1ccccc1C#N. The number of likely N-dealkylation sites (tertiary alicyclic amines) is 1. The molecule has 24 heavy (non-hydrogen) atoms. The summed E-state index contributed by atoms with van der Waals surface area (Å²) in [6.07, 6.45) is 4.90. The van der Waals surface area contributed by atoms with Crippen molar-refractivity contribution in [3.05, 3.63) is 29.8 Å². The number of para-hydroxylation sites is 1. The molecule has 1 aliphatic carbocycles. The number of hydrogen-bond donors (Lipinski definition) is 1. The summed E-state index contributed by atoms with van der Waals surface area (Å²) in [4.78, 5) is 27.1. The molecule has 2 aliphatic rings. The number of carbonyl (C=O) groups is 2. The lowest BCUT2D eigenvalue weighted by molar-refractivity contribution is -0.137. The van der Waals surface area contributed by atoms with Gasteiger partial charge in [0, 0.05) is 12.6 Å². The average molecular weight is 325 g/mol. The fourth-order valence-electron chi connectivity index (χ4n) is 3.60. The molecule has 1 aromatic rings. The van der Waals surface area contributed by atoms with E-state index in [4.69, 9.17) is 5.26 Å². The van der Waals surface area contributed by atoms with Crippen molar-refractivity contribution in [1.29, 1.82) is 5.26 Å². The molecule has 126 valence electrons. The highest BCUT2D eigenvalue weighted by Crippen LogP contribution is 2.42. The molecular weight excluding hydrogens is 302 g/mol. The molecule has 1 N–H and O–H groups in total. The van der Waals surface area contributed by atoms with Gasteiger partial charge in [-0.05, 0) is 44.2 Å². The van der Waals surface area contributed by atoms with Crippen LogP contribution in [0, 0.1) is 23.2 Å². The van der Waals surface area contributed by atoms with Gasteiger partial charge in [0.1, 0.15) is 6.07 Å². The van der Waals surface area contributed by atoms with Crippen LogP contribution in [0.15, 0.2) is 24.3 Å². The van der Waals surface area contributed by atoms with E-state index in [1.807, 2.05) is 4.90 Å². The van der Waals surface area contributed by atoms with E-state index < -0.39 is 0 Å². The van der Waals surface area contributed by atoms with Crippen LogP contribution in [0.3, 0.4) is 0 Å². The lowest BCUT2D eigenvalue weighted by atomic mass is 9.99. The van der Waals surface area contributed by atoms with Crippen LogP contribution < -0.4 is 5.32 Å². The Hall–Kier alpha value is -2.35. The van der Waals surface area contributed by atoms with Crippen molar-refractivity contribution in [3.8, 4) is 6.07 Å². The molecule has 0 spiro atoms. The van der Waals surface area contributed by atoms with E-state index in [9.17, 15) is 9.59 Å². The van der Waals surface area contributed by atoms with Crippen LogP contribution in [-0.4, -0.2) is 29.3 Å². The molecule has 3 atom stereocenters. The van der Waals surface area contributed by atoms with Crippen molar-refractivity contribution in [1.82, 2.24) is 4.90 Å². The fraction of sp³-hybridized carbons (Fsp3) is 0.526. The van der Waals surface area contributed by atoms with Gasteiger partial charge in [-0.1, -0.05) is 19.1 Å². The number of nitriles is 1. The van der Waals surface area contributed by atoms with Gasteiger partial charge in [0.15, 0.2) is 0 Å². The summed E-state index contributed by atoms with van der Waals surface area (Å²) in [6, 6.07) is 9.33. The van der Waals surface area contributed by atoms with E-state index in [0.29, 0.717) is 23.7 Å². The third-order valence-corrected chi connectivity index (χ3v) is 5.13. The van der Waals surface area contributed by atoms with Gasteiger partial charge in [-0.3, -0.25) is 9.59 Å². The quantitative estimate of drug-likeness (QED) is 0.925. The lowest BCUT2D eigenvalue weighted by Crippen LogP contribution is -2.44. The molecule has 2 amide bonds. The van der Waals surface area contributed by atoms with Gasteiger partial charge in [-0.15, -0.1) is 0 Å². The maximum absolute atomic E-state index is 12.7. The van der Waals surface area contributed by atoms with Crippen LogP contribution in [-0.2, 0) is 9.59 Å². The minimum absolute atomic E-state index is 0.135. The van der Waals surface area contributed by atoms with E-state index in [1.165, 1.54) is 6.42 Å². The van der Waals surface area contributed by atoms with E-state index in [0.717, 1.165) is 25.8 Å². The summed E-state index contributed by atoms with van der Waals surface area (Å²) in [5.41, 5.74) is 0.962. The Morgan fingerprint density at radius 2 is 2.08 bits per heavy atom. The van der Waals surface area contributed by atoms with Gasteiger partial charge in [-0.25, -0.2) is 0 Å². The number of rotatable bonds is 4. The highest BCUT2D eigenvalue weighted by Gasteiger charge is 2.50. The zero-order valence-corrected chi connectivity index (χ0v) is 14.0. The Balaban J connectivity index is 1.61. The molecule has 0 radical (unpaired) electrons. The number of piperidine rings is 1. The monoisotopic (exact) mass is 325 g/mol. The highest BCUT2D eigenvalue weighted by atomic mass is 16.2. The van der Waals surface area contributed by atoms with E-state index in [2.05, 4.69) is 18.3 Å². The van der Waals surface area contributed by atoms with Crippen molar-refractivity contribution < 1.29 is 9.59 Å². The summed E-state index contributed by atoms with van der Waals surface area (Å²) < 4.78 is 0. The topological polar surface area (TPSA) is 73.2 Å².